The minimum atomic E-state index is -1.65. The summed E-state index contributed by atoms with van der Waals surface area (Å²) in [4.78, 5) is 2.46. The topological polar surface area (TPSA) is 17.4 Å². The van der Waals surface area contributed by atoms with Crippen LogP contribution in [0.4, 0.5) is 17.1 Å². The fourth-order valence-electron chi connectivity index (χ4n) is 12.8. The second-order valence-electron chi connectivity index (χ2n) is 22.7. The van der Waals surface area contributed by atoms with Gasteiger partial charge in [-0.15, -0.1) is 0 Å². The van der Waals surface area contributed by atoms with Crippen LogP contribution >= 0.6 is 0 Å². The first kappa shape index (κ1) is 51.9. The first-order valence-electron chi connectivity index (χ1n) is 28.8. The second kappa shape index (κ2) is 22.2. The van der Waals surface area contributed by atoms with Crippen molar-refractivity contribution in [3.8, 4) is 55.9 Å². The van der Waals surface area contributed by atoms with Crippen molar-refractivity contribution in [3.63, 3.8) is 0 Å². The van der Waals surface area contributed by atoms with Crippen molar-refractivity contribution in [2.24, 2.45) is 0 Å². The highest BCUT2D eigenvalue weighted by molar-refractivity contribution is 6.77. The molecule has 1 aliphatic rings. The fraction of sp³-hybridized carbons (Fsp3) is 0.103. The van der Waals surface area contributed by atoms with Crippen molar-refractivity contribution >= 4 is 59.1 Å². The van der Waals surface area contributed by atoms with Gasteiger partial charge in [0.1, 0.15) is 5.75 Å². The lowest BCUT2D eigenvalue weighted by Gasteiger charge is -2.35. The number of para-hydroxylation sites is 1. The summed E-state index contributed by atoms with van der Waals surface area (Å²) in [5.74, 6) is 0.924. The maximum absolute atomic E-state index is 6.33. The Morgan fingerprint density at radius 3 is 1.51 bits per heavy atom. The van der Waals surface area contributed by atoms with Crippen LogP contribution in [0.15, 0.2) is 280 Å². The highest BCUT2D eigenvalue weighted by atomic mass is 28.3. The van der Waals surface area contributed by atoms with Crippen LogP contribution in [0.5, 0.6) is 5.75 Å². The maximum atomic E-state index is 6.33. The van der Waals surface area contributed by atoms with E-state index in [1.165, 1.54) is 83.5 Å². The molecule has 3 nitrogen and oxygen atoms in total. The molecule has 1 unspecified atom stereocenters. The molecular formula is C78H66N2OSi. The van der Waals surface area contributed by atoms with Crippen LogP contribution in [0.3, 0.4) is 0 Å². The number of aromatic nitrogens is 1. The van der Waals surface area contributed by atoms with E-state index in [0.717, 1.165) is 70.7 Å². The predicted molar refractivity (Wildman–Crippen MR) is 352 cm³/mol. The molecule has 398 valence electrons. The van der Waals surface area contributed by atoms with Gasteiger partial charge in [-0.2, -0.15) is 0 Å². The summed E-state index contributed by atoms with van der Waals surface area (Å²) < 4.78 is 8.73. The van der Waals surface area contributed by atoms with E-state index < -0.39 is 8.07 Å². The Morgan fingerprint density at radius 2 is 0.915 bits per heavy atom. The lowest BCUT2D eigenvalue weighted by Crippen LogP contribution is -2.31. The summed E-state index contributed by atoms with van der Waals surface area (Å²) in [5, 5.41) is 2.44. The van der Waals surface area contributed by atoms with Gasteiger partial charge in [0.25, 0.3) is 0 Å². The molecule has 0 fully saturated rings. The van der Waals surface area contributed by atoms with Gasteiger partial charge in [0.15, 0.2) is 0 Å². The van der Waals surface area contributed by atoms with Gasteiger partial charge < -0.3 is 14.2 Å². The summed E-state index contributed by atoms with van der Waals surface area (Å²) >= 11 is 0. The molecule has 4 heteroatoms. The van der Waals surface area contributed by atoms with Gasteiger partial charge in [-0.3, -0.25) is 0 Å². The molecule has 0 bridgehead atoms. The molecule has 1 atom stereocenters. The van der Waals surface area contributed by atoms with Gasteiger partial charge in [0.2, 0.25) is 0 Å². The third-order valence-corrected chi connectivity index (χ3v) is 20.4. The van der Waals surface area contributed by atoms with E-state index >= 15 is 0 Å². The van der Waals surface area contributed by atoms with Crippen molar-refractivity contribution < 1.29 is 4.74 Å². The first-order chi connectivity index (χ1) is 40.3. The molecule has 13 rings (SSSR count). The number of fused-ring (bicyclic) bond motifs is 6. The third kappa shape index (κ3) is 9.90. The van der Waals surface area contributed by atoms with Gasteiger partial charge in [-0.25, -0.2) is 0 Å². The number of hydrogen-bond acceptors (Lipinski definition) is 2. The van der Waals surface area contributed by atoms with Crippen LogP contribution in [0.1, 0.15) is 40.7 Å². The van der Waals surface area contributed by atoms with Crippen LogP contribution in [-0.2, 0) is 5.41 Å². The Hall–Kier alpha value is -9.48. The van der Waals surface area contributed by atoms with Crippen LogP contribution in [0.25, 0.3) is 84.2 Å². The Bertz CT molecular complexity index is 4240. The van der Waals surface area contributed by atoms with Crippen molar-refractivity contribution in [1.29, 1.82) is 0 Å². The van der Waals surface area contributed by atoms with E-state index in [9.17, 15) is 0 Å². The number of hydrogen-bond donors (Lipinski definition) is 0. The van der Waals surface area contributed by atoms with Crippen LogP contribution < -0.4 is 9.64 Å². The molecule has 0 N–H and O–H groups in total. The SMILES string of the molecule is C=Cc1ccc(OCC[Si](C)(C)CCCC2(c3ccccc3)c3ccccc3-c3ccc(N(c4ccc(-c5ccccc5)cc4)c4ccc(-c5ccc6c(c5)c5cc(-c7ccc(C=C)cc7)ccc5n6-c5ccccc5)cc4)cc32)cc1. The van der Waals surface area contributed by atoms with Gasteiger partial charge >= 0.3 is 0 Å². The first-order valence-corrected chi connectivity index (χ1v) is 32.3. The Labute approximate surface area is 484 Å². The van der Waals surface area contributed by atoms with Crippen molar-refractivity contribution in [1.82, 2.24) is 4.57 Å². The summed E-state index contributed by atoms with van der Waals surface area (Å²) in [7, 11) is -1.65. The number of nitrogens with zero attached hydrogens (tertiary/aromatic N) is 2. The van der Waals surface area contributed by atoms with E-state index in [1.54, 1.807) is 0 Å². The molecule has 0 aliphatic heterocycles. The molecule has 0 spiro atoms. The maximum Gasteiger partial charge on any atom is 0.119 e. The lowest BCUT2D eigenvalue weighted by molar-refractivity contribution is 0.338. The van der Waals surface area contributed by atoms with Gasteiger partial charge in [-0.05, 0) is 170 Å². The largest absolute Gasteiger partial charge is 0.494 e. The van der Waals surface area contributed by atoms with Crippen molar-refractivity contribution in [2.45, 2.75) is 43.4 Å². The molecule has 0 amide bonds. The monoisotopic (exact) mass is 1070 g/mol. The molecule has 12 aromatic rings. The Morgan fingerprint density at radius 1 is 0.439 bits per heavy atom. The van der Waals surface area contributed by atoms with Gasteiger partial charge in [-0.1, -0.05) is 233 Å². The molecule has 0 saturated heterocycles. The third-order valence-electron chi connectivity index (χ3n) is 17.2. The summed E-state index contributed by atoms with van der Waals surface area (Å²) in [6, 6.07) is 101. The number of rotatable bonds is 18. The van der Waals surface area contributed by atoms with E-state index in [-0.39, 0.29) is 5.41 Å². The molecule has 0 radical (unpaired) electrons. The van der Waals surface area contributed by atoms with E-state index in [0.29, 0.717) is 0 Å². The minimum Gasteiger partial charge on any atom is -0.494 e. The van der Waals surface area contributed by atoms with Gasteiger partial charge in [0, 0.05) is 38.9 Å². The zero-order valence-corrected chi connectivity index (χ0v) is 47.8. The summed E-state index contributed by atoms with van der Waals surface area (Å²) in [6.07, 6.45) is 5.88. The summed E-state index contributed by atoms with van der Waals surface area (Å²) in [5.41, 5.74) is 22.5. The lowest BCUT2D eigenvalue weighted by atomic mass is 9.69. The Balaban J connectivity index is 0.883. The van der Waals surface area contributed by atoms with Crippen LogP contribution in [0, 0.1) is 0 Å². The standard InChI is InChI=1S/C78H66N2OSi/c1-5-56-27-31-60(32-28-56)62-37-47-76-72(53-62)73-54-63(38-48-77(73)80(76)65-23-14-9-15-24-65)61-35-41-67(42-36-61)79(66-39-33-59(34-40-66)58-19-10-7-11-20-58)68-43-46-71-70-25-16-17-26-74(70)78(75(71)55-68,64-21-12-8-13-22-64)49-18-51-82(3,4)52-50-81-69-44-29-57(6-2)30-45-69/h5-17,19-48,53-55H,1-2,18,49-52H2,3-4H3. The second-order valence-corrected chi connectivity index (χ2v) is 28.0. The quantitative estimate of drug-likeness (QED) is 0.0797. The molecule has 1 aromatic heterocycles. The molecule has 1 heterocycles. The highest BCUT2D eigenvalue weighted by Crippen LogP contribution is 2.57. The normalized spacial score (nSPS) is 13.6. The molecular weight excluding hydrogens is 1010 g/mol. The zero-order valence-electron chi connectivity index (χ0n) is 46.8. The molecule has 1 aliphatic carbocycles. The van der Waals surface area contributed by atoms with E-state index in [4.69, 9.17) is 4.74 Å². The smallest absolute Gasteiger partial charge is 0.119 e. The van der Waals surface area contributed by atoms with Crippen molar-refractivity contribution in [3.05, 3.63) is 308 Å². The summed E-state index contributed by atoms with van der Waals surface area (Å²) in [6.45, 7) is 13.7. The van der Waals surface area contributed by atoms with Crippen LogP contribution in [-0.4, -0.2) is 19.2 Å². The number of benzene rings is 11. The number of ether oxygens (including phenoxy) is 1. The Kier molecular flexibility index (Phi) is 14.1. The average molecular weight is 1080 g/mol. The molecule has 0 saturated carbocycles. The molecule has 11 aromatic carbocycles. The van der Waals surface area contributed by atoms with Crippen LogP contribution in [0.2, 0.25) is 25.2 Å². The molecule has 82 heavy (non-hydrogen) atoms. The average Bonchev–Trinajstić information content (AvgIpc) is 4.07. The fourth-order valence-corrected chi connectivity index (χ4v) is 14.8. The van der Waals surface area contributed by atoms with Gasteiger partial charge in [0.05, 0.1) is 25.7 Å². The van der Waals surface area contributed by atoms with E-state index in [1.807, 2.05) is 12.2 Å². The minimum absolute atomic E-state index is 0.344. The van der Waals surface area contributed by atoms with Crippen molar-refractivity contribution in [2.75, 3.05) is 11.5 Å². The predicted octanol–water partition coefficient (Wildman–Crippen LogP) is 21.4. The highest BCUT2D eigenvalue weighted by Gasteiger charge is 2.45. The number of anilines is 3. The van der Waals surface area contributed by atoms with E-state index in [2.05, 4.69) is 303 Å². The zero-order chi connectivity index (χ0) is 55.6.